The summed E-state index contributed by atoms with van der Waals surface area (Å²) in [5.41, 5.74) is -4.63. The first-order valence-corrected chi connectivity index (χ1v) is 12.8. The lowest BCUT2D eigenvalue weighted by Gasteiger charge is -2.34. The molecular weight excluding hydrogens is 507 g/mol. The number of aromatic amines is 1. The minimum Gasteiger partial charge on any atom is -0.374 e. The molecule has 0 saturated carbocycles. The SMILES string of the molecule is CN1CCN(c2ccc3nc(-c4c(OS(=O)(=O)C(F)(F)F)c5cscc5n(C)c4=O)[nH]c3c2)CC1. The summed E-state index contributed by atoms with van der Waals surface area (Å²) in [5.74, 6) is -0.795. The minimum atomic E-state index is -6.03. The van der Waals surface area contributed by atoms with Gasteiger partial charge in [0, 0.05) is 49.7 Å². The van der Waals surface area contributed by atoms with Crippen LogP contribution in [0.3, 0.4) is 0 Å². The van der Waals surface area contributed by atoms with Gasteiger partial charge in [-0.3, -0.25) is 4.79 Å². The topological polar surface area (TPSA) is 101 Å². The Bertz CT molecular complexity index is 1600. The molecule has 1 fully saturated rings. The zero-order chi connectivity index (χ0) is 25.1. The van der Waals surface area contributed by atoms with E-state index < -0.39 is 32.5 Å². The van der Waals surface area contributed by atoms with Gasteiger partial charge in [0.15, 0.2) is 5.75 Å². The summed E-state index contributed by atoms with van der Waals surface area (Å²) in [4.78, 5) is 25.0. The van der Waals surface area contributed by atoms with Crippen LogP contribution in [0.5, 0.6) is 5.75 Å². The highest BCUT2D eigenvalue weighted by atomic mass is 32.2. The molecule has 1 aliphatic rings. The fraction of sp³-hybridized carbons (Fsp3) is 0.333. The van der Waals surface area contributed by atoms with Gasteiger partial charge in [-0.05, 0) is 25.2 Å². The number of halogens is 3. The number of pyridine rings is 1. The molecule has 0 spiro atoms. The van der Waals surface area contributed by atoms with Crippen molar-refractivity contribution >= 4 is 49.1 Å². The van der Waals surface area contributed by atoms with Gasteiger partial charge in [-0.15, -0.1) is 11.3 Å². The van der Waals surface area contributed by atoms with Crippen LogP contribution in [0.4, 0.5) is 18.9 Å². The summed E-state index contributed by atoms with van der Waals surface area (Å²) in [6, 6.07) is 5.46. The quantitative estimate of drug-likeness (QED) is 0.322. The lowest BCUT2D eigenvalue weighted by Crippen LogP contribution is -2.44. The van der Waals surface area contributed by atoms with Gasteiger partial charge >= 0.3 is 15.6 Å². The Balaban J connectivity index is 1.67. The van der Waals surface area contributed by atoms with E-state index in [1.807, 2.05) is 19.2 Å². The molecule has 1 aromatic carbocycles. The lowest BCUT2D eigenvalue weighted by atomic mass is 10.2. The van der Waals surface area contributed by atoms with Crippen LogP contribution in [-0.4, -0.2) is 66.6 Å². The van der Waals surface area contributed by atoms with Crippen molar-refractivity contribution in [1.29, 1.82) is 0 Å². The number of piperazine rings is 1. The molecule has 0 bridgehead atoms. The highest BCUT2D eigenvalue weighted by Gasteiger charge is 2.49. The van der Waals surface area contributed by atoms with Crippen LogP contribution >= 0.6 is 11.3 Å². The van der Waals surface area contributed by atoms with Gasteiger partial charge in [0.05, 0.1) is 21.9 Å². The van der Waals surface area contributed by atoms with Crippen molar-refractivity contribution in [3.8, 4) is 17.1 Å². The first kappa shape index (κ1) is 23.6. The van der Waals surface area contributed by atoms with Crippen LogP contribution in [0.15, 0.2) is 33.8 Å². The molecule has 0 aliphatic carbocycles. The number of rotatable bonds is 4. The van der Waals surface area contributed by atoms with Gasteiger partial charge in [-0.25, -0.2) is 4.98 Å². The molecule has 4 heterocycles. The van der Waals surface area contributed by atoms with Crippen molar-refractivity contribution in [3.05, 3.63) is 39.3 Å². The molecule has 0 radical (unpaired) electrons. The minimum absolute atomic E-state index is 0.0542. The smallest absolute Gasteiger partial charge is 0.374 e. The van der Waals surface area contributed by atoms with Gasteiger partial charge in [-0.2, -0.15) is 21.6 Å². The number of H-pyrrole nitrogens is 1. The third-order valence-electron chi connectivity index (χ3n) is 6.04. The average molecular weight is 528 g/mol. The van der Waals surface area contributed by atoms with Crippen LogP contribution in [0.2, 0.25) is 0 Å². The van der Waals surface area contributed by atoms with Gasteiger partial charge in [0.1, 0.15) is 11.4 Å². The Morgan fingerprint density at radius 2 is 1.83 bits per heavy atom. The van der Waals surface area contributed by atoms with Crippen molar-refractivity contribution in [3.63, 3.8) is 0 Å². The molecule has 3 aromatic heterocycles. The zero-order valence-electron chi connectivity index (χ0n) is 18.6. The van der Waals surface area contributed by atoms with Crippen LogP contribution in [-0.2, 0) is 17.2 Å². The maximum absolute atomic E-state index is 13.2. The van der Waals surface area contributed by atoms with E-state index in [2.05, 4.69) is 24.0 Å². The van der Waals surface area contributed by atoms with Crippen molar-refractivity contribution < 1.29 is 25.8 Å². The standard InChI is InChI=1S/C21H20F3N5O4S2/c1-27-5-7-29(8-6-27)12-3-4-14-15(9-12)26-19(25-14)17-18(33-35(31,32)21(22,23)24)13-10-34-11-16(13)28(2)20(17)30/h3-4,9-11H,5-8H2,1-2H3,(H,25,26). The molecule has 1 aliphatic heterocycles. The van der Waals surface area contributed by atoms with E-state index in [0.717, 1.165) is 43.2 Å². The van der Waals surface area contributed by atoms with E-state index in [0.29, 0.717) is 11.0 Å². The Hall–Kier alpha value is -3.10. The van der Waals surface area contributed by atoms with Crippen LogP contribution in [0, 0.1) is 0 Å². The summed E-state index contributed by atoms with van der Waals surface area (Å²) < 4.78 is 69.0. The second-order valence-electron chi connectivity index (χ2n) is 8.30. The van der Waals surface area contributed by atoms with Gasteiger partial charge in [0.2, 0.25) is 0 Å². The lowest BCUT2D eigenvalue weighted by molar-refractivity contribution is -0.0499. The number of hydrogen-bond acceptors (Lipinski definition) is 8. The summed E-state index contributed by atoms with van der Waals surface area (Å²) in [7, 11) is -2.54. The molecule has 0 atom stereocenters. The Labute approximate surface area is 201 Å². The third kappa shape index (κ3) is 4.04. The van der Waals surface area contributed by atoms with Crippen LogP contribution in [0.1, 0.15) is 0 Å². The molecule has 1 N–H and O–H groups in total. The van der Waals surface area contributed by atoms with Crippen molar-refractivity contribution in [2.45, 2.75) is 5.51 Å². The van der Waals surface area contributed by atoms with E-state index in [1.54, 1.807) is 6.07 Å². The fourth-order valence-corrected chi connectivity index (χ4v) is 5.39. The number of imidazole rings is 1. The number of nitrogens with zero attached hydrogens (tertiary/aromatic N) is 4. The number of aromatic nitrogens is 3. The zero-order valence-corrected chi connectivity index (χ0v) is 20.2. The van der Waals surface area contributed by atoms with Crippen molar-refractivity contribution in [2.75, 3.05) is 38.1 Å². The van der Waals surface area contributed by atoms with Crippen LogP contribution < -0.4 is 14.6 Å². The Morgan fingerprint density at radius 1 is 1.11 bits per heavy atom. The number of hydrogen-bond donors (Lipinski definition) is 1. The molecule has 14 heteroatoms. The highest BCUT2D eigenvalue weighted by molar-refractivity contribution is 7.88. The van der Waals surface area contributed by atoms with E-state index in [1.165, 1.54) is 22.4 Å². The summed E-state index contributed by atoms with van der Waals surface area (Å²) >= 11 is 1.09. The molecule has 9 nitrogen and oxygen atoms in total. The largest absolute Gasteiger partial charge is 0.534 e. The Morgan fingerprint density at radius 3 is 2.51 bits per heavy atom. The number of likely N-dealkylation sites (N-methyl/N-ethyl adjacent to an activating group) is 1. The van der Waals surface area contributed by atoms with E-state index in [-0.39, 0.29) is 16.7 Å². The van der Waals surface area contributed by atoms with E-state index in [4.69, 9.17) is 0 Å². The average Bonchev–Trinajstić information content (AvgIpc) is 3.44. The van der Waals surface area contributed by atoms with Crippen LogP contribution in [0.25, 0.3) is 33.3 Å². The number of aryl methyl sites for hydroxylation is 1. The highest BCUT2D eigenvalue weighted by Crippen LogP contribution is 2.38. The first-order chi connectivity index (χ1) is 16.5. The third-order valence-corrected chi connectivity index (χ3v) is 7.72. The van der Waals surface area contributed by atoms with E-state index >= 15 is 0 Å². The van der Waals surface area contributed by atoms with Gasteiger partial charge < -0.3 is 23.5 Å². The van der Waals surface area contributed by atoms with E-state index in [9.17, 15) is 26.4 Å². The van der Waals surface area contributed by atoms with Crippen molar-refractivity contribution in [1.82, 2.24) is 19.4 Å². The number of anilines is 1. The molecule has 0 amide bonds. The number of benzene rings is 1. The summed E-state index contributed by atoms with van der Waals surface area (Å²) in [6.45, 7) is 3.45. The Kier molecular flexibility index (Phi) is 5.56. The maximum Gasteiger partial charge on any atom is 0.534 e. The second-order valence-corrected chi connectivity index (χ2v) is 10.6. The monoisotopic (exact) mass is 527 g/mol. The second kappa shape index (κ2) is 8.24. The number of thiophene rings is 1. The summed E-state index contributed by atoms with van der Waals surface area (Å²) in [5, 5.41) is 3.00. The predicted molar refractivity (Wildman–Crippen MR) is 127 cm³/mol. The first-order valence-electron chi connectivity index (χ1n) is 10.5. The van der Waals surface area contributed by atoms with Gasteiger partial charge in [-0.1, -0.05) is 0 Å². The molecule has 35 heavy (non-hydrogen) atoms. The molecule has 186 valence electrons. The molecular formula is C21H20F3N5O4S2. The van der Waals surface area contributed by atoms with Crippen molar-refractivity contribution in [2.24, 2.45) is 7.05 Å². The molecule has 4 aromatic rings. The molecule has 5 rings (SSSR count). The maximum atomic E-state index is 13.2. The number of fused-ring (bicyclic) bond motifs is 2. The fourth-order valence-electron chi connectivity index (χ4n) is 4.06. The number of nitrogens with one attached hydrogen (secondary N) is 1. The molecule has 0 unspecified atom stereocenters. The molecule has 1 saturated heterocycles. The number of alkyl halides is 3. The summed E-state index contributed by atoms with van der Waals surface area (Å²) in [6.07, 6.45) is 0. The van der Waals surface area contributed by atoms with Gasteiger partial charge in [0.25, 0.3) is 5.56 Å². The predicted octanol–water partition coefficient (Wildman–Crippen LogP) is 3.12. The normalized spacial score (nSPS) is 15.9.